The van der Waals surface area contributed by atoms with Gasteiger partial charge in [0.05, 0.1) is 24.1 Å². The van der Waals surface area contributed by atoms with Crippen LogP contribution >= 0.6 is 11.3 Å². The number of hydrazone groups is 1. The van der Waals surface area contributed by atoms with Gasteiger partial charge in [0.25, 0.3) is 0 Å². The molecule has 8 heteroatoms. The number of rotatable bonds is 7. The molecule has 4 aromatic rings. The van der Waals surface area contributed by atoms with E-state index in [4.69, 9.17) is 14.5 Å². The Hall–Kier alpha value is -4.30. The first-order chi connectivity index (χ1) is 17.5. The molecule has 1 amide bonds. The van der Waals surface area contributed by atoms with E-state index in [-0.39, 0.29) is 24.6 Å². The minimum absolute atomic E-state index is 0.217. The summed E-state index contributed by atoms with van der Waals surface area (Å²) < 4.78 is 11.0. The molecule has 0 bridgehead atoms. The summed E-state index contributed by atoms with van der Waals surface area (Å²) in [7, 11) is 1.51. The Labute approximate surface area is 212 Å². The molecule has 5 rings (SSSR count). The first kappa shape index (κ1) is 23.4. The van der Waals surface area contributed by atoms with Crippen molar-refractivity contribution in [3.63, 3.8) is 0 Å². The SMILES string of the molecule is COc1cc(-c2nc(-c3ccccc3)c(-c3ccccc3)s2)ccc1OC(=O)CN1N=C(C)CC1=O. The highest BCUT2D eigenvalue weighted by molar-refractivity contribution is 7.19. The Morgan fingerprint density at radius 3 is 2.28 bits per heavy atom. The Morgan fingerprint density at radius 1 is 0.944 bits per heavy atom. The van der Waals surface area contributed by atoms with Crippen LogP contribution in [0.5, 0.6) is 11.5 Å². The van der Waals surface area contributed by atoms with Crippen LogP contribution in [0.2, 0.25) is 0 Å². The Kier molecular flexibility index (Phi) is 6.60. The second-order valence-corrected chi connectivity index (χ2v) is 9.23. The van der Waals surface area contributed by atoms with Crippen LogP contribution in [0.3, 0.4) is 0 Å². The van der Waals surface area contributed by atoms with E-state index in [1.807, 2.05) is 54.6 Å². The molecule has 36 heavy (non-hydrogen) atoms. The van der Waals surface area contributed by atoms with Crippen molar-refractivity contribution in [1.82, 2.24) is 9.99 Å². The van der Waals surface area contributed by atoms with Gasteiger partial charge < -0.3 is 9.47 Å². The van der Waals surface area contributed by atoms with Gasteiger partial charge in [0, 0.05) is 16.8 Å². The summed E-state index contributed by atoms with van der Waals surface area (Å²) in [6.07, 6.45) is 0.217. The minimum atomic E-state index is -0.597. The van der Waals surface area contributed by atoms with E-state index in [0.29, 0.717) is 11.5 Å². The summed E-state index contributed by atoms with van der Waals surface area (Å²) in [4.78, 5) is 30.4. The first-order valence-electron chi connectivity index (χ1n) is 11.4. The number of aromatic nitrogens is 1. The van der Waals surface area contributed by atoms with Crippen LogP contribution in [-0.4, -0.2) is 41.2 Å². The lowest BCUT2D eigenvalue weighted by Gasteiger charge is -2.13. The average Bonchev–Trinajstić information content (AvgIpc) is 3.48. The smallest absolute Gasteiger partial charge is 0.333 e. The van der Waals surface area contributed by atoms with Gasteiger partial charge in [-0.05, 0) is 30.7 Å². The van der Waals surface area contributed by atoms with Gasteiger partial charge in [-0.25, -0.2) is 14.8 Å². The number of esters is 1. The summed E-state index contributed by atoms with van der Waals surface area (Å²) in [5.41, 5.74) is 4.54. The fourth-order valence-electron chi connectivity index (χ4n) is 3.91. The summed E-state index contributed by atoms with van der Waals surface area (Å²) in [6.45, 7) is 1.49. The molecule has 1 aliphatic rings. The lowest BCUT2D eigenvalue weighted by molar-refractivity contribution is -0.141. The third kappa shape index (κ3) is 4.89. The van der Waals surface area contributed by atoms with Gasteiger partial charge in [-0.1, -0.05) is 60.7 Å². The molecule has 0 aliphatic carbocycles. The van der Waals surface area contributed by atoms with Crippen LogP contribution in [0, 0.1) is 0 Å². The predicted molar refractivity (Wildman–Crippen MR) is 140 cm³/mol. The zero-order valence-electron chi connectivity index (χ0n) is 19.8. The standard InChI is InChI=1S/C28H23N3O4S/c1-18-15-24(32)31(30-18)17-25(33)35-22-14-13-21(16-23(22)34-2)28-29-26(19-9-5-3-6-10-19)27(36-28)20-11-7-4-8-12-20/h3-14,16H,15,17H2,1-2H3. The average molecular weight is 498 g/mol. The van der Waals surface area contributed by atoms with Crippen molar-refractivity contribution in [3.05, 3.63) is 78.9 Å². The van der Waals surface area contributed by atoms with Gasteiger partial charge in [-0.15, -0.1) is 11.3 Å². The lowest BCUT2D eigenvalue weighted by atomic mass is 10.1. The number of methoxy groups -OCH3 is 1. The van der Waals surface area contributed by atoms with E-state index < -0.39 is 5.97 Å². The molecule has 0 fully saturated rings. The Morgan fingerprint density at radius 2 is 1.64 bits per heavy atom. The van der Waals surface area contributed by atoms with Crippen LogP contribution < -0.4 is 9.47 Å². The first-order valence-corrected chi connectivity index (χ1v) is 12.2. The number of amides is 1. The van der Waals surface area contributed by atoms with Gasteiger partial charge in [0.2, 0.25) is 5.91 Å². The molecule has 0 N–H and O–H groups in total. The van der Waals surface area contributed by atoms with E-state index >= 15 is 0 Å². The fraction of sp³-hybridized carbons (Fsp3) is 0.143. The Bertz CT molecular complexity index is 1390. The van der Waals surface area contributed by atoms with Crippen molar-refractivity contribution in [2.24, 2.45) is 5.10 Å². The number of hydrogen-bond donors (Lipinski definition) is 0. The maximum absolute atomic E-state index is 12.5. The molecule has 2 heterocycles. The maximum atomic E-state index is 12.5. The molecule has 7 nitrogen and oxygen atoms in total. The number of nitrogens with zero attached hydrogens (tertiary/aromatic N) is 3. The zero-order valence-corrected chi connectivity index (χ0v) is 20.6. The summed E-state index contributed by atoms with van der Waals surface area (Å²) in [5, 5.41) is 6.01. The number of hydrogen-bond acceptors (Lipinski definition) is 7. The van der Waals surface area contributed by atoms with Crippen molar-refractivity contribution in [2.75, 3.05) is 13.7 Å². The molecule has 0 saturated carbocycles. The van der Waals surface area contributed by atoms with Gasteiger partial charge in [0.15, 0.2) is 11.5 Å². The minimum Gasteiger partial charge on any atom is -0.493 e. The van der Waals surface area contributed by atoms with Gasteiger partial charge in [0.1, 0.15) is 11.6 Å². The van der Waals surface area contributed by atoms with E-state index in [1.54, 1.807) is 30.4 Å². The summed E-state index contributed by atoms with van der Waals surface area (Å²) in [6, 6.07) is 25.6. The van der Waals surface area contributed by atoms with E-state index in [0.717, 1.165) is 37.3 Å². The molecule has 0 atom stereocenters. The summed E-state index contributed by atoms with van der Waals surface area (Å²) in [5.74, 6) is -0.161. The molecule has 1 aliphatic heterocycles. The summed E-state index contributed by atoms with van der Waals surface area (Å²) >= 11 is 1.59. The normalized spacial score (nSPS) is 13.0. The van der Waals surface area contributed by atoms with E-state index in [1.165, 1.54) is 7.11 Å². The highest BCUT2D eigenvalue weighted by Gasteiger charge is 2.25. The molecular weight excluding hydrogens is 474 g/mol. The fourth-order valence-corrected chi connectivity index (χ4v) is 5.00. The van der Waals surface area contributed by atoms with Crippen LogP contribution in [-0.2, 0) is 9.59 Å². The Balaban J connectivity index is 1.44. The molecule has 0 radical (unpaired) electrons. The van der Waals surface area contributed by atoms with Crippen molar-refractivity contribution in [1.29, 1.82) is 0 Å². The van der Waals surface area contributed by atoms with Gasteiger partial charge in [-0.3, -0.25) is 4.79 Å². The van der Waals surface area contributed by atoms with Crippen LogP contribution in [0.4, 0.5) is 0 Å². The van der Waals surface area contributed by atoms with Crippen molar-refractivity contribution in [3.8, 4) is 43.8 Å². The molecule has 0 unspecified atom stereocenters. The van der Waals surface area contributed by atoms with Gasteiger partial charge in [-0.2, -0.15) is 5.10 Å². The van der Waals surface area contributed by atoms with Crippen LogP contribution in [0.15, 0.2) is 84.0 Å². The number of carbonyl (C=O) groups is 2. The highest BCUT2D eigenvalue weighted by atomic mass is 32.1. The number of benzene rings is 3. The topological polar surface area (TPSA) is 81.1 Å². The quantitative estimate of drug-likeness (QED) is 0.243. The maximum Gasteiger partial charge on any atom is 0.333 e. The number of ether oxygens (including phenoxy) is 2. The molecule has 0 saturated heterocycles. The molecule has 0 spiro atoms. The second-order valence-electron chi connectivity index (χ2n) is 8.23. The predicted octanol–water partition coefficient (Wildman–Crippen LogP) is 5.67. The molecule has 1 aromatic heterocycles. The van der Waals surface area contributed by atoms with Crippen molar-refractivity contribution in [2.45, 2.75) is 13.3 Å². The monoisotopic (exact) mass is 497 g/mol. The number of carbonyl (C=O) groups excluding carboxylic acids is 2. The zero-order chi connectivity index (χ0) is 25.1. The molecule has 3 aromatic carbocycles. The third-order valence-corrected chi connectivity index (χ3v) is 6.76. The molecule has 180 valence electrons. The lowest BCUT2D eigenvalue weighted by Crippen LogP contribution is -2.30. The molecular formula is C28H23N3O4S. The second kappa shape index (κ2) is 10.1. The van der Waals surface area contributed by atoms with Crippen LogP contribution in [0.1, 0.15) is 13.3 Å². The van der Waals surface area contributed by atoms with E-state index in [9.17, 15) is 9.59 Å². The highest BCUT2D eigenvalue weighted by Crippen LogP contribution is 2.42. The van der Waals surface area contributed by atoms with Crippen molar-refractivity contribution < 1.29 is 19.1 Å². The van der Waals surface area contributed by atoms with Crippen molar-refractivity contribution >= 4 is 28.9 Å². The third-order valence-electron chi connectivity index (χ3n) is 5.61. The van der Waals surface area contributed by atoms with Gasteiger partial charge >= 0.3 is 5.97 Å². The van der Waals surface area contributed by atoms with E-state index in [2.05, 4.69) is 17.2 Å². The largest absolute Gasteiger partial charge is 0.493 e. The number of thiazole rings is 1. The van der Waals surface area contributed by atoms with Crippen LogP contribution in [0.25, 0.3) is 32.3 Å².